The molecule has 0 bridgehead atoms. The molecule has 1 N–H and O–H groups in total. The summed E-state index contributed by atoms with van der Waals surface area (Å²) in [6.07, 6.45) is 5.05. The van der Waals surface area contributed by atoms with Crippen molar-refractivity contribution in [3.8, 4) is 0 Å². The average Bonchev–Trinajstić information content (AvgIpc) is 2.17. The van der Waals surface area contributed by atoms with E-state index in [1.807, 2.05) is 7.11 Å². The van der Waals surface area contributed by atoms with Crippen molar-refractivity contribution in [2.24, 2.45) is 5.92 Å². The summed E-state index contributed by atoms with van der Waals surface area (Å²) in [7, 11) is 1.84. The van der Waals surface area contributed by atoms with E-state index in [2.05, 4.69) is 26.1 Å². The normalized spacial score (nSPS) is 33.6. The van der Waals surface area contributed by atoms with Crippen LogP contribution in [0, 0.1) is 5.92 Å². The summed E-state index contributed by atoms with van der Waals surface area (Å²) in [6.45, 7) is 7.83. The molecule has 2 nitrogen and oxygen atoms in total. The Balaban J connectivity index is 2.22. The largest absolute Gasteiger partial charge is 0.379 e. The predicted molar refractivity (Wildman–Crippen MR) is 60.5 cm³/mol. The smallest absolute Gasteiger partial charge is 0.0651 e. The molecule has 0 saturated heterocycles. The van der Waals surface area contributed by atoms with Gasteiger partial charge in [-0.25, -0.2) is 0 Å². The molecule has 0 aromatic heterocycles. The summed E-state index contributed by atoms with van der Waals surface area (Å²) in [6, 6.07) is 0.616. The Morgan fingerprint density at radius 1 is 1.36 bits per heavy atom. The van der Waals surface area contributed by atoms with Crippen LogP contribution in [0.15, 0.2) is 0 Å². The molecule has 0 unspecified atom stereocenters. The quantitative estimate of drug-likeness (QED) is 0.751. The molecule has 1 aliphatic rings. The van der Waals surface area contributed by atoms with Gasteiger partial charge in [-0.05, 0) is 45.1 Å². The zero-order valence-electron chi connectivity index (χ0n) is 10.1. The van der Waals surface area contributed by atoms with Gasteiger partial charge >= 0.3 is 0 Å². The van der Waals surface area contributed by atoms with E-state index in [-0.39, 0.29) is 5.60 Å². The fourth-order valence-electron chi connectivity index (χ4n) is 2.10. The van der Waals surface area contributed by atoms with Gasteiger partial charge < -0.3 is 10.1 Å². The van der Waals surface area contributed by atoms with Crippen LogP contribution in [0.25, 0.3) is 0 Å². The van der Waals surface area contributed by atoms with E-state index in [1.165, 1.54) is 32.2 Å². The van der Waals surface area contributed by atoms with Crippen LogP contribution in [0.1, 0.15) is 46.5 Å². The Morgan fingerprint density at radius 2 is 1.93 bits per heavy atom. The highest BCUT2D eigenvalue weighted by Crippen LogP contribution is 2.33. The second-order valence-electron chi connectivity index (χ2n) is 5.16. The zero-order chi connectivity index (χ0) is 10.6. The third-order valence-corrected chi connectivity index (χ3v) is 3.47. The minimum absolute atomic E-state index is 0.161. The Bertz CT molecular complexity index is 160. The third-order valence-electron chi connectivity index (χ3n) is 3.47. The van der Waals surface area contributed by atoms with Gasteiger partial charge in [-0.1, -0.05) is 13.8 Å². The molecule has 0 aromatic carbocycles. The fourth-order valence-corrected chi connectivity index (χ4v) is 2.10. The van der Waals surface area contributed by atoms with Crippen molar-refractivity contribution in [1.82, 2.24) is 5.32 Å². The second kappa shape index (κ2) is 5.13. The Hall–Kier alpha value is -0.0800. The first-order valence-electron chi connectivity index (χ1n) is 5.84. The van der Waals surface area contributed by atoms with E-state index in [4.69, 9.17) is 4.74 Å². The van der Waals surface area contributed by atoms with Crippen molar-refractivity contribution >= 4 is 0 Å². The number of hydrogen-bond donors (Lipinski definition) is 1. The van der Waals surface area contributed by atoms with Crippen LogP contribution in [0.3, 0.4) is 0 Å². The highest BCUT2D eigenvalue weighted by atomic mass is 16.5. The van der Waals surface area contributed by atoms with E-state index in [0.29, 0.717) is 6.04 Å². The molecule has 0 aliphatic heterocycles. The number of rotatable bonds is 4. The SMILES string of the molecule is COC1(C)CCC(CNC(C)C)CC1. The summed E-state index contributed by atoms with van der Waals surface area (Å²) in [4.78, 5) is 0. The lowest BCUT2D eigenvalue weighted by atomic mass is 9.79. The molecule has 1 rings (SSSR count). The van der Waals surface area contributed by atoms with Gasteiger partial charge in [-0.2, -0.15) is 0 Å². The number of nitrogens with one attached hydrogen (secondary N) is 1. The van der Waals surface area contributed by atoms with Gasteiger partial charge in [-0.3, -0.25) is 0 Å². The molecule has 0 heterocycles. The maximum atomic E-state index is 5.53. The van der Waals surface area contributed by atoms with E-state index in [1.54, 1.807) is 0 Å². The van der Waals surface area contributed by atoms with Gasteiger partial charge in [0, 0.05) is 13.2 Å². The number of ether oxygens (including phenoxy) is 1. The Kier molecular flexibility index (Phi) is 4.39. The summed E-state index contributed by atoms with van der Waals surface area (Å²) in [5.41, 5.74) is 0.161. The van der Waals surface area contributed by atoms with E-state index in [9.17, 15) is 0 Å². The predicted octanol–water partition coefficient (Wildman–Crippen LogP) is 2.58. The van der Waals surface area contributed by atoms with Crippen LogP contribution in [0.4, 0.5) is 0 Å². The minimum Gasteiger partial charge on any atom is -0.379 e. The fraction of sp³-hybridized carbons (Fsp3) is 1.00. The first-order chi connectivity index (χ1) is 6.56. The molecular formula is C12H25NO. The molecule has 0 spiro atoms. The third kappa shape index (κ3) is 3.58. The standard InChI is InChI=1S/C12H25NO/c1-10(2)13-9-11-5-7-12(3,14-4)8-6-11/h10-11,13H,5-9H2,1-4H3. The summed E-state index contributed by atoms with van der Waals surface area (Å²) < 4.78 is 5.53. The number of methoxy groups -OCH3 is 1. The second-order valence-corrected chi connectivity index (χ2v) is 5.16. The molecule has 84 valence electrons. The summed E-state index contributed by atoms with van der Waals surface area (Å²) in [5.74, 6) is 0.862. The van der Waals surface area contributed by atoms with E-state index >= 15 is 0 Å². The lowest BCUT2D eigenvalue weighted by Gasteiger charge is -2.36. The van der Waals surface area contributed by atoms with Crippen LogP contribution < -0.4 is 5.32 Å². The molecule has 0 radical (unpaired) electrons. The maximum absolute atomic E-state index is 5.53. The summed E-state index contributed by atoms with van der Waals surface area (Å²) in [5, 5.41) is 3.52. The first-order valence-corrected chi connectivity index (χ1v) is 5.84. The van der Waals surface area contributed by atoms with Crippen molar-refractivity contribution in [2.45, 2.75) is 58.1 Å². The molecule has 1 aliphatic carbocycles. The topological polar surface area (TPSA) is 21.3 Å². The van der Waals surface area contributed by atoms with Crippen LogP contribution in [0.5, 0.6) is 0 Å². The van der Waals surface area contributed by atoms with Crippen LogP contribution in [-0.2, 0) is 4.74 Å². The Labute approximate surface area is 88.4 Å². The van der Waals surface area contributed by atoms with Gasteiger partial charge in [0.15, 0.2) is 0 Å². The first kappa shape index (κ1) is 12.0. The molecule has 0 aromatic rings. The van der Waals surface area contributed by atoms with Crippen molar-refractivity contribution in [1.29, 1.82) is 0 Å². The molecule has 2 heteroatoms. The van der Waals surface area contributed by atoms with E-state index < -0.39 is 0 Å². The van der Waals surface area contributed by atoms with Gasteiger partial charge in [0.25, 0.3) is 0 Å². The molecule has 1 fully saturated rings. The minimum atomic E-state index is 0.161. The van der Waals surface area contributed by atoms with Gasteiger partial charge in [0.1, 0.15) is 0 Å². The highest BCUT2D eigenvalue weighted by molar-refractivity contribution is 4.83. The zero-order valence-corrected chi connectivity index (χ0v) is 10.1. The molecular weight excluding hydrogens is 174 g/mol. The van der Waals surface area contributed by atoms with Gasteiger partial charge in [-0.15, -0.1) is 0 Å². The maximum Gasteiger partial charge on any atom is 0.0651 e. The van der Waals surface area contributed by atoms with Gasteiger partial charge in [0.2, 0.25) is 0 Å². The van der Waals surface area contributed by atoms with Crippen molar-refractivity contribution in [3.63, 3.8) is 0 Å². The Morgan fingerprint density at radius 3 is 2.36 bits per heavy atom. The molecule has 0 atom stereocenters. The number of hydrogen-bond acceptors (Lipinski definition) is 2. The van der Waals surface area contributed by atoms with Crippen LogP contribution >= 0.6 is 0 Å². The van der Waals surface area contributed by atoms with Crippen LogP contribution in [-0.4, -0.2) is 25.3 Å². The van der Waals surface area contributed by atoms with Crippen LogP contribution in [0.2, 0.25) is 0 Å². The van der Waals surface area contributed by atoms with Crippen molar-refractivity contribution in [3.05, 3.63) is 0 Å². The molecule has 14 heavy (non-hydrogen) atoms. The van der Waals surface area contributed by atoms with Crippen molar-refractivity contribution in [2.75, 3.05) is 13.7 Å². The lowest BCUT2D eigenvalue weighted by Crippen LogP contribution is -2.37. The average molecular weight is 199 g/mol. The summed E-state index contributed by atoms with van der Waals surface area (Å²) >= 11 is 0. The molecule has 0 amide bonds. The lowest BCUT2D eigenvalue weighted by molar-refractivity contribution is -0.0337. The van der Waals surface area contributed by atoms with Gasteiger partial charge in [0.05, 0.1) is 5.60 Å². The highest BCUT2D eigenvalue weighted by Gasteiger charge is 2.30. The van der Waals surface area contributed by atoms with Crippen molar-refractivity contribution < 1.29 is 4.74 Å². The van der Waals surface area contributed by atoms with E-state index in [0.717, 1.165) is 5.92 Å². The molecule has 1 saturated carbocycles. The monoisotopic (exact) mass is 199 g/mol.